The van der Waals surface area contributed by atoms with Gasteiger partial charge in [0, 0.05) is 22.3 Å². The van der Waals surface area contributed by atoms with Crippen LogP contribution >= 0.6 is 34.8 Å². The average molecular weight is 305 g/mol. The predicted molar refractivity (Wildman–Crippen MR) is 72.3 cm³/mol. The van der Waals surface area contributed by atoms with Crippen LogP contribution in [0.4, 0.5) is 0 Å². The Morgan fingerprint density at radius 3 is 2.44 bits per heavy atom. The van der Waals surface area contributed by atoms with Crippen LogP contribution in [0.3, 0.4) is 0 Å². The molecule has 2 N–H and O–H groups in total. The van der Waals surface area contributed by atoms with Gasteiger partial charge in [-0.2, -0.15) is 0 Å². The number of aliphatic hydroxyl groups excluding tert-OH is 1. The molecule has 2 rings (SSSR count). The van der Waals surface area contributed by atoms with Crippen LogP contribution in [0.1, 0.15) is 5.69 Å². The maximum atomic E-state index is 9.65. The molecule has 0 unspecified atom stereocenters. The molecule has 2 aromatic rings. The van der Waals surface area contributed by atoms with Crippen molar-refractivity contribution in [3.05, 3.63) is 45.2 Å². The molecule has 0 spiro atoms. The van der Waals surface area contributed by atoms with E-state index in [-0.39, 0.29) is 18.1 Å². The van der Waals surface area contributed by atoms with Gasteiger partial charge in [0.05, 0.1) is 16.7 Å². The fourth-order valence-electron chi connectivity index (χ4n) is 1.52. The Morgan fingerprint density at radius 1 is 1.11 bits per heavy atom. The van der Waals surface area contributed by atoms with Gasteiger partial charge in [0.25, 0.3) is 0 Å². The van der Waals surface area contributed by atoms with Gasteiger partial charge in [-0.25, -0.2) is 0 Å². The van der Waals surface area contributed by atoms with Crippen LogP contribution in [0.15, 0.2) is 24.4 Å². The molecule has 0 radical (unpaired) electrons. The van der Waals surface area contributed by atoms with Crippen LogP contribution in [-0.4, -0.2) is 15.2 Å². The van der Waals surface area contributed by atoms with Crippen LogP contribution in [-0.2, 0) is 6.61 Å². The Balaban J connectivity index is 2.58. The van der Waals surface area contributed by atoms with E-state index in [1.807, 2.05) is 0 Å². The molecule has 1 aromatic carbocycles. The molecule has 1 heterocycles. The van der Waals surface area contributed by atoms with E-state index in [1.165, 1.54) is 18.3 Å². The zero-order chi connectivity index (χ0) is 13.3. The third kappa shape index (κ3) is 2.54. The summed E-state index contributed by atoms with van der Waals surface area (Å²) in [4.78, 5) is 3.93. The smallest absolute Gasteiger partial charge is 0.140 e. The zero-order valence-electron chi connectivity index (χ0n) is 8.99. The first-order valence-electron chi connectivity index (χ1n) is 4.96. The SMILES string of the molecule is OCc1ncc(-c2cc(Cl)cc(Cl)c2Cl)cc1O. The molecule has 3 nitrogen and oxygen atoms in total. The Hall–Kier alpha value is -1.00. The lowest BCUT2D eigenvalue weighted by Crippen LogP contribution is -1.91. The molecule has 1 aromatic heterocycles. The van der Waals surface area contributed by atoms with Gasteiger partial charge in [0.15, 0.2) is 0 Å². The number of hydrogen-bond donors (Lipinski definition) is 2. The molecular weight excluding hydrogens is 296 g/mol. The number of benzene rings is 1. The fraction of sp³-hybridized carbons (Fsp3) is 0.0833. The number of hydrogen-bond acceptors (Lipinski definition) is 3. The summed E-state index contributed by atoms with van der Waals surface area (Å²) in [5.74, 6) is -0.109. The van der Waals surface area contributed by atoms with Gasteiger partial charge >= 0.3 is 0 Å². The number of halogens is 3. The molecule has 0 saturated heterocycles. The van der Waals surface area contributed by atoms with E-state index in [1.54, 1.807) is 6.07 Å². The molecule has 0 saturated carbocycles. The Morgan fingerprint density at radius 2 is 1.83 bits per heavy atom. The maximum Gasteiger partial charge on any atom is 0.140 e. The normalized spacial score (nSPS) is 10.7. The summed E-state index contributed by atoms with van der Waals surface area (Å²) in [6.45, 7) is -0.337. The first-order chi connectivity index (χ1) is 8.52. The molecule has 0 aliphatic rings. The van der Waals surface area contributed by atoms with E-state index in [9.17, 15) is 5.11 Å². The van der Waals surface area contributed by atoms with E-state index < -0.39 is 0 Å². The van der Waals surface area contributed by atoms with Crippen molar-refractivity contribution >= 4 is 34.8 Å². The number of pyridine rings is 1. The second-order valence-corrected chi connectivity index (χ2v) is 4.82. The number of aromatic nitrogens is 1. The van der Waals surface area contributed by atoms with Crippen molar-refractivity contribution < 1.29 is 10.2 Å². The fourth-order valence-corrected chi connectivity index (χ4v) is 2.23. The van der Waals surface area contributed by atoms with Gasteiger partial charge in [-0.15, -0.1) is 0 Å². The molecule has 0 aliphatic carbocycles. The Bertz CT molecular complexity index is 602. The standard InChI is InChI=1S/C12H8Cl3NO2/c13-7-2-8(12(15)9(14)3-7)6-1-11(18)10(5-17)16-4-6/h1-4,17-18H,5H2. The summed E-state index contributed by atoms with van der Waals surface area (Å²) in [5, 5.41) is 19.7. The summed E-state index contributed by atoms with van der Waals surface area (Å²) in [7, 11) is 0. The van der Waals surface area contributed by atoms with E-state index >= 15 is 0 Å². The van der Waals surface area contributed by atoms with Gasteiger partial charge in [-0.05, 0) is 18.2 Å². The third-order valence-electron chi connectivity index (χ3n) is 2.40. The lowest BCUT2D eigenvalue weighted by Gasteiger charge is -2.08. The van der Waals surface area contributed by atoms with Crippen molar-refractivity contribution in [2.75, 3.05) is 0 Å². The first kappa shape index (κ1) is 13.4. The number of nitrogens with zero attached hydrogens (tertiary/aromatic N) is 1. The summed E-state index contributed by atoms with van der Waals surface area (Å²) < 4.78 is 0. The topological polar surface area (TPSA) is 53.4 Å². The van der Waals surface area contributed by atoms with Crippen LogP contribution in [0.25, 0.3) is 11.1 Å². The summed E-state index contributed by atoms with van der Waals surface area (Å²) in [6.07, 6.45) is 1.49. The lowest BCUT2D eigenvalue weighted by atomic mass is 10.1. The van der Waals surface area contributed by atoms with Crippen molar-refractivity contribution in [1.29, 1.82) is 0 Å². The maximum absolute atomic E-state index is 9.65. The molecule has 18 heavy (non-hydrogen) atoms. The highest BCUT2D eigenvalue weighted by Gasteiger charge is 2.11. The highest BCUT2D eigenvalue weighted by molar-refractivity contribution is 6.45. The van der Waals surface area contributed by atoms with Gasteiger partial charge < -0.3 is 10.2 Å². The van der Waals surface area contributed by atoms with E-state index in [2.05, 4.69) is 4.98 Å². The first-order valence-corrected chi connectivity index (χ1v) is 6.10. The zero-order valence-corrected chi connectivity index (χ0v) is 11.3. The molecule has 0 atom stereocenters. The summed E-state index contributed by atoms with van der Waals surface area (Å²) in [5.41, 5.74) is 1.34. The minimum Gasteiger partial charge on any atom is -0.506 e. The molecule has 0 bridgehead atoms. The molecule has 0 aliphatic heterocycles. The molecule has 0 amide bonds. The van der Waals surface area contributed by atoms with Crippen LogP contribution in [0, 0.1) is 0 Å². The predicted octanol–water partition coefficient (Wildman–Crippen LogP) is 3.91. The van der Waals surface area contributed by atoms with E-state index in [0.717, 1.165) is 0 Å². The van der Waals surface area contributed by atoms with Gasteiger partial charge in [-0.3, -0.25) is 4.98 Å². The van der Waals surface area contributed by atoms with Gasteiger partial charge in [0.2, 0.25) is 0 Å². The quantitative estimate of drug-likeness (QED) is 0.827. The largest absolute Gasteiger partial charge is 0.506 e. The Kier molecular flexibility index (Phi) is 3.97. The Labute approximate surface area is 119 Å². The van der Waals surface area contributed by atoms with E-state index in [0.29, 0.717) is 26.2 Å². The monoisotopic (exact) mass is 303 g/mol. The van der Waals surface area contributed by atoms with Crippen LogP contribution < -0.4 is 0 Å². The molecule has 6 heteroatoms. The van der Waals surface area contributed by atoms with Gasteiger partial charge in [0.1, 0.15) is 11.4 Å². The minimum atomic E-state index is -0.337. The molecular formula is C12H8Cl3NO2. The third-order valence-corrected chi connectivity index (χ3v) is 3.42. The van der Waals surface area contributed by atoms with Crippen molar-refractivity contribution in [3.8, 4) is 16.9 Å². The highest BCUT2D eigenvalue weighted by Crippen LogP contribution is 2.37. The van der Waals surface area contributed by atoms with E-state index in [4.69, 9.17) is 39.9 Å². The van der Waals surface area contributed by atoms with Crippen molar-refractivity contribution in [2.24, 2.45) is 0 Å². The summed E-state index contributed by atoms with van der Waals surface area (Å²) >= 11 is 17.9. The minimum absolute atomic E-state index is 0.109. The van der Waals surface area contributed by atoms with Crippen molar-refractivity contribution in [3.63, 3.8) is 0 Å². The lowest BCUT2D eigenvalue weighted by molar-refractivity contribution is 0.270. The number of aliphatic hydroxyl groups is 1. The second-order valence-electron chi connectivity index (χ2n) is 3.60. The van der Waals surface area contributed by atoms with Crippen LogP contribution in [0.5, 0.6) is 5.75 Å². The highest BCUT2D eigenvalue weighted by atomic mass is 35.5. The molecule has 0 fully saturated rings. The number of aromatic hydroxyl groups is 1. The van der Waals surface area contributed by atoms with Gasteiger partial charge in [-0.1, -0.05) is 34.8 Å². The van der Waals surface area contributed by atoms with Crippen molar-refractivity contribution in [2.45, 2.75) is 6.61 Å². The summed E-state index contributed by atoms with van der Waals surface area (Å²) in [6, 6.07) is 4.61. The molecule has 94 valence electrons. The van der Waals surface area contributed by atoms with Crippen molar-refractivity contribution in [1.82, 2.24) is 4.98 Å². The second kappa shape index (κ2) is 5.33. The van der Waals surface area contributed by atoms with Crippen LogP contribution in [0.2, 0.25) is 15.1 Å². The number of rotatable bonds is 2. The average Bonchev–Trinajstić information content (AvgIpc) is 2.33.